The van der Waals surface area contributed by atoms with Gasteiger partial charge in [-0.05, 0) is 17.9 Å². The second-order valence-electron chi connectivity index (χ2n) is 6.41. The first kappa shape index (κ1) is 19.7. The second kappa shape index (κ2) is 10.4. The van der Waals surface area contributed by atoms with Crippen molar-refractivity contribution < 1.29 is 18.8 Å². The van der Waals surface area contributed by atoms with Gasteiger partial charge in [0, 0.05) is 12.6 Å². The Labute approximate surface area is 153 Å². The number of amides is 2. The number of nitrogens with zero attached hydrogens (tertiary/aromatic N) is 2. The summed E-state index contributed by atoms with van der Waals surface area (Å²) in [5, 5.41) is 6.23. The minimum Gasteiger partial charge on any atom is -0.367 e. The van der Waals surface area contributed by atoms with Gasteiger partial charge < -0.3 is 19.5 Å². The average molecular weight is 359 g/mol. The first-order valence-corrected chi connectivity index (χ1v) is 8.64. The zero-order valence-corrected chi connectivity index (χ0v) is 15.2. The van der Waals surface area contributed by atoms with Crippen molar-refractivity contribution in [3.8, 4) is 0 Å². The van der Waals surface area contributed by atoms with Gasteiger partial charge in [0.25, 0.3) is 0 Å². The van der Waals surface area contributed by atoms with Crippen molar-refractivity contribution in [3.05, 3.63) is 48.2 Å². The van der Waals surface area contributed by atoms with Gasteiger partial charge in [-0.3, -0.25) is 9.59 Å². The molecule has 2 amide bonds. The number of benzene rings is 1. The number of hydrogen-bond acceptors (Lipinski definition) is 5. The third-order valence-electron chi connectivity index (χ3n) is 3.71. The molecule has 1 N–H and O–H groups in total. The smallest absolute Gasteiger partial charge is 0.249 e. The van der Waals surface area contributed by atoms with Gasteiger partial charge in [-0.25, -0.2) is 0 Å². The Kier molecular flexibility index (Phi) is 7.82. The molecule has 2 rings (SSSR count). The van der Waals surface area contributed by atoms with Crippen LogP contribution in [0.4, 0.5) is 5.82 Å². The zero-order chi connectivity index (χ0) is 18.8. The van der Waals surface area contributed by atoms with E-state index in [2.05, 4.69) is 28.8 Å². The molecular formula is C19H25N3O4. The zero-order valence-electron chi connectivity index (χ0n) is 15.2. The van der Waals surface area contributed by atoms with E-state index in [9.17, 15) is 9.59 Å². The Morgan fingerprint density at radius 3 is 2.65 bits per heavy atom. The van der Waals surface area contributed by atoms with Gasteiger partial charge >= 0.3 is 0 Å². The van der Waals surface area contributed by atoms with Crippen LogP contribution < -0.4 is 5.32 Å². The number of anilines is 1. The summed E-state index contributed by atoms with van der Waals surface area (Å²) >= 11 is 0. The molecule has 2 aromatic rings. The number of ether oxygens (including phenoxy) is 1. The molecule has 7 heteroatoms. The van der Waals surface area contributed by atoms with E-state index in [4.69, 9.17) is 4.74 Å². The first-order valence-electron chi connectivity index (χ1n) is 8.64. The van der Waals surface area contributed by atoms with Crippen LogP contribution in [0.2, 0.25) is 0 Å². The summed E-state index contributed by atoms with van der Waals surface area (Å²) in [6, 6.07) is 11.2. The van der Waals surface area contributed by atoms with Gasteiger partial charge in [-0.15, -0.1) is 0 Å². The van der Waals surface area contributed by atoms with Crippen molar-refractivity contribution in [1.82, 2.24) is 10.1 Å². The van der Waals surface area contributed by atoms with Crippen LogP contribution in [0.3, 0.4) is 0 Å². The predicted molar refractivity (Wildman–Crippen MR) is 97.3 cm³/mol. The van der Waals surface area contributed by atoms with E-state index in [-0.39, 0.29) is 25.0 Å². The lowest BCUT2D eigenvalue weighted by molar-refractivity contribution is -0.139. The second-order valence-corrected chi connectivity index (χ2v) is 6.41. The molecule has 0 radical (unpaired) electrons. The van der Waals surface area contributed by atoms with Crippen molar-refractivity contribution in [3.63, 3.8) is 0 Å². The SMILES string of the molecule is CC(C)CCN(CC(=O)Nc1ccon1)C(=O)COCc1ccccc1. The Hall–Kier alpha value is -2.67. The van der Waals surface area contributed by atoms with Crippen LogP contribution in [0.1, 0.15) is 25.8 Å². The highest BCUT2D eigenvalue weighted by atomic mass is 16.5. The molecule has 140 valence electrons. The third kappa shape index (κ3) is 7.06. The summed E-state index contributed by atoms with van der Waals surface area (Å²) < 4.78 is 10.2. The molecule has 0 bridgehead atoms. The van der Waals surface area contributed by atoms with Crippen LogP contribution in [0, 0.1) is 5.92 Å². The fraction of sp³-hybridized carbons (Fsp3) is 0.421. The highest BCUT2D eigenvalue weighted by molar-refractivity contribution is 5.93. The van der Waals surface area contributed by atoms with Crippen molar-refractivity contribution >= 4 is 17.6 Å². The molecule has 0 fully saturated rings. The maximum absolute atomic E-state index is 12.5. The van der Waals surface area contributed by atoms with Gasteiger partial charge in [0.2, 0.25) is 11.8 Å². The maximum atomic E-state index is 12.5. The van der Waals surface area contributed by atoms with Crippen molar-refractivity contribution in [2.45, 2.75) is 26.9 Å². The molecule has 0 aliphatic rings. The van der Waals surface area contributed by atoms with E-state index >= 15 is 0 Å². The summed E-state index contributed by atoms with van der Waals surface area (Å²) in [6.45, 7) is 4.89. The molecule has 0 aliphatic carbocycles. The molecule has 0 atom stereocenters. The Morgan fingerprint density at radius 1 is 1.23 bits per heavy atom. The summed E-state index contributed by atoms with van der Waals surface area (Å²) in [5.41, 5.74) is 0.998. The number of aromatic nitrogens is 1. The molecule has 1 aromatic heterocycles. The van der Waals surface area contributed by atoms with Crippen LogP contribution >= 0.6 is 0 Å². The largest absolute Gasteiger partial charge is 0.367 e. The normalized spacial score (nSPS) is 10.7. The number of carbonyl (C=O) groups is 2. The van der Waals surface area contributed by atoms with Crippen molar-refractivity contribution in [1.29, 1.82) is 0 Å². The Bertz CT molecular complexity index is 671. The third-order valence-corrected chi connectivity index (χ3v) is 3.71. The van der Waals surface area contributed by atoms with Gasteiger partial charge in [0.1, 0.15) is 12.9 Å². The topological polar surface area (TPSA) is 84.7 Å². The minimum atomic E-state index is -0.320. The average Bonchev–Trinajstić information content (AvgIpc) is 3.12. The van der Waals surface area contributed by atoms with Gasteiger partial charge in [-0.2, -0.15) is 0 Å². The van der Waals surface area contributed by atoms with Gasteiger partial charge in [-0.1, -0.05) is 49.3 Å². The Morgan fingerprint density at radius 2 is 2.00 bits per heavy atom. The molecule has 0 spiro atoms. The molecule has 1 aromatic carbocycles. The van der Waals surface area contributed by atoms with Gasteiger partial charge in [0.15, 0.2) is 5.82 Å². The summed E-state index contributed by atoms with van der Waals surface area (Å²) in [6.07, 6.45) is 2.18. The first-order chi connectivity index (χ1) is 12.5. The van der Waals surface area contributed by atoms with Crippen molar-refractivity contribution in [2.24, 2.45) is 5.92 Å². The molecule has 0 aliphatic heterocycles. The van der Waals surface area contributed by atoms with E-state index < -0.39 is 0 Å². The number of rotatable bonds is 10. The van der Waals surface area contributed by atoms with Gasteiger partial charge in [0.05, 0.1) is 13.2 Å². The van der Waals surface area contributed by atoms with Crippen LogP contribution in [-0.2, 0) is 20.9 Å². The molecule has 1 heterocycles. The molecule has 0 saturated carbocycles. The van der Waals surface area contributed by atoms with E-state index in [1.807, 2.05) is 30.3 Å². The number of hydrogen-bond donors (Lipinski definition) is 1. The lowest BCUT2D eigenvalue weighted by atomic mass is 10.1. The maximum Gasteiger partial charge on any atom is 0.249 e. The minimum absolute atomic E-state index is 0.0485. The van der Waals surface area contributed by atoms with E-state index in [1.165, 1.54) is 11.2 Å². The summed E-state index contributed by atoms with van der Waals surface area (Å²) in [4.78, 5) is 26.1. The lowest BCUT2D eigenvalue weighted by Crippen LogP contribution is -2.41. The molecule has 0 unspecified atom stereocenters. The van der Waals surface area contributed by atoms with Crippen molar-refractivity contribution in [2.75, 3.05) is 25.0 Å². The predicted octanol–water partition coefficient (Wildman–Crippen LogP) is 2.70. The summed E-state index contributed by atoms with van der Waals surface area (Å²) in [7, 11) is 0. The highest BCUT2D eigenvalue weighted by Gasteiger charge is 2.18. The van der Waals surface area contributed by atoms with Crippen LogP contribution in [0.25, 0.3) is 0 Å². The molecule has 7 nitrogen and oxygen atoms in total. The highest BCUT2D eigenvalue weighted by Crippen LogP contribution is 2.06. The van der Waals surface area contributed by atoms with E-state index in [1.54, 1.807) is 6.07 Å². The molecule has 26 heavy (non-hydrogen) atoms. The van der Waals surface area contributed by atoms with Crippen LogP contribution in [-0.4, -0.2) is 41.6 Å². The quantitative estimate of drug-likeness (QED) is 0.705. The fourth-order valence-electron chi connectivity index (χ4n) is 2.26. The molecule has 0 saturated heterocycles. The number of carbonyl (C=O) groups excluding carboxylic acids is 2. The van der Waals surface area contributed by atoms with E-state index in [0.717, 1.165) is 12.0 Å². The lowest BCUT2D eigenvalue weighted by Gasteiger charge is -2.23. The summed E-state index contributed by atoms with van der Waals surface area (Å²) in [5.74, 6) is 0.219. The molecular weight excluding hydrogens is 334 g/mol. The van der Waals surface area contributed by atoms with E-state index in [0.29, 0.717) is 24.9 Å². The van der Waals surface area contributed by atoms with Crippen LogP contribution in [0.15, 0.2) is 47.2 Å². The van der Waals surface area contributed by atoms with Crippen LogP contribution in [0.5, 0.6) is 0 Å². The Balaban J connectivity index is 1.85. The number of nitrogens with one attached hydrogen (secondary N) is 1. The fourth-order valence-corrected chi connectivity index (χ4v) is 2.26. The standard InChI is InChI=1S/C19H25N3O4/c1-15(2)8-10-22(12-18(23)20-17-9-11-26-21-17)19(24)14-25-13-16-6-4-3-5-7-16/h3-7,9,11,15H,8,10,12-14H2,1-2H3,(H,20,21,23). The monoisotopic (exact) mass is 359 g/mol.